The van der Waals surface area contributed by atoms with Gasteiger partial charge in [-0.3, -0.25) is 4.79 Å². The first kappa shape index (κ1) is 17.4. The van der Waals surface area contributed by atoms with Crippen LogP contribution in [-0.4, -0.2) is 48.6 Å². The fourth-order valence-electron chi connectivity index (χ4n) is 3.68. The van der Waals surface area contributed by atoms with Gasteiger partial charge in [-0.25, -0.2) is 0 Å². The number of tetrazole rings is 1. The highest BCUT2D eigenvalue weighted by molar-refractivity contribution is 7.13. The Morgan fingerprint density at radius 3 is 3.11 bits per heavy atom. The molecule has 0 spiro atoms. The molecular weight excluding hydrogens is 396 g/mol. The van der Waals surface area contributed by atoms with Crippen LogP contribution in [0.4, 0.5) is 0 Å². The molecule has 0 aliphatic carbocycles. The van der Waals surface area contributed by atoms with Gasteiger partial charge in [-0.2, -0.15) is 4.80 Å². The molecule has 4 aromatic rings. The van der Waals surface area contributed by atoms with E-state index in [4.69, 9.17) is 11.6 Å². The summed E-state index contributed by atoms with van der Waals surface area (Å²) in [6.07, 6.45) is 1.89. The Hall–Kier alpha value is -2.71. The minimum absolute atomic E-state index is 0.00609. The van der Waals surface area contributed by atoms with Crippen molar-refractivity contribution in [3.8, 4) is 10.7 Å². The van der Waals surface area contributed by atoms with E-state index in [9.17, 15) is 4.79 Å². The number of amides is 1. The standard InChI is InChI=1S/C19H17ClN6OS/c20-13-6-5-12-9-16(21-15(12)10-13)19(27)25-7-1-3-14(25)11-26-23-18(22-24-26)17-4-2-8-28-17/h2,4-6,8-10,14,21H,1,3,7,11H2. The molecule has 7 nitrogen and oxygen atoms in total. The monoisotopic (exact) mass is 412 g/mol. The number of nitrogens with one attached hydrogen (secondary N) is 1. The third-order valence-electron chi connectivity index (χ3n) is 5.02. The van der Waals surface area contributed by atoms with Crippen molar-refractivity contribution in [3.63, 3.8) is 0 Å². The van der Waals surface area contributed by atoms with Crippen molar-refractivity contribution < 1.29 is 4.79 Å². The number of aromatic amines is 1. The van der Waals surface area contributed by atoms with Crippen LogP contribution in [0.5, 0.6) is 0 Å². The van der Waals surface area contributed by atoms with E-state index in [1.165, 1.54) is 0 Å². The number of nitrogens with zero attached hydrogens (tertiary/aromatic N) is 5. The molecule has 3 aromatic heterocycles. The number of aromatic nitrogens is 5. The molecule has 0 bridgehead atoms. The lowest BCUT2D eigenvalue weighted by molar-refractivity contribution is 0.0713. The first-order chi connectivity index (χ1) is 13.7. The molecule has 1 atom stereocenters. The van der Waals surface area contributed by atoms with Gasteiger partial charge in [-0.15, -0.1) is 21.5 Å². The second-order valence-corrected chi connectivity index (χ2v) is 8.24. The Kier molecular flexibility index (Phi) is 4.37. The second-order valence-electron chi connectivity index (χ2n) is 6.85. The second kappa shape index (κ2) is 7.03. The smallest absolute Gasteiger partial charge is 0.270 e. The van der Waals surface area contributed by atoms with Crippen LogP contribution in [0.1, 0.15) is 23.3 Å². The van der Waals surface area contributed by atoms with Crippen LogP contribution < -0.4 is 0 Å². The van der Waals surface area contributed by atoms with E-state index in [0.29, 0.717) is 23.1 Å². The van der Waals surface area contributed by atoms with Crippen LogP contribution >= 0.6 is 22.9 Å². The van der Waals surface area contributed by atoms with E-state index >= 15 is 0 Å². The number of carbonyl (C=O) groups is 1. The molecule has 5 rings (SSSR count). The molecule has 1 unspecified atom stereocenters. The molecule has 9 heteroatoms. The van der Waals surface area contributed by atoms with E-state index < -0.39 is 0 Å². The molecule has 1 aliphatic rings. The number of benzene rings is 1. The van der Waals surface area contributed by atoms with Crippen molar-refractivity contribution >= 4 is 39.7 Å². The van der Waals surface area contributed by atoms with E-state index in [-0.39, 0.29) is 11.9 Å². The minimum atomic E-state index is -0.00609. The highest BCUT2D eigenvalue weighted by atomic mass is 35.5. The third kappa shape index (κ3) is 3.18. The van der Waals surface area contributed by atoms with Gasteiger partial charge in [0.15, 0.2) is 0 Å². The topological polar surface area (TPSA) is 79.7 Å². The van der Waals surface area contributed by atoms with Crippen molar-refractivity contribution in [2.75, 3.05) is 6.54 Å². The van der Waals surface area contributed by atoms with Gasteiger partial charge in [0.1, 0.15) is 5.69 Å². The van der Waals surface area contributed by atoms with Crippen molar-refractivity contribution in [2.24, 2.45) is 0 Å². The summed E-state index contributed by atoms with van der Waals surface area (Å²) < 4.78 is 0. The summed E-state index contributed by atoms with van der Waals surface area (Å²) in [7, 11) is 0. The summed E-state index contributed by atoms with van der Waals surface area (Å²) in [6.45, 7) is 1.27. The van der Waals surface area contributed by atoms with Crippen LogP contribution in [0.25, 0.3) is 21.6 Å². The summed E-state index contributed by atoms with van der Waals surface area (Å²) in [6, 6.07) is 11.4. The molecular formula is C19H17ClN6OS. The van der Waals surface area contributed by atoms with Crippen molar-refractivity contribution in [3.05, 3.63) is 52.5 Å². The summed E-state index contributed by atoms with van der Waals surface area (Å²) in [5.41, 5.74) is 1.44. The van der Waals surface area contributed by atoms with Gasteiger partial charge in [0, 0.05) is 22.5 Å². The van der Waals surface area contributed by atoms with Gasteiger partial charge in [0.05, 0.1) is 17.5 Å². The number of halogens is 1. The van der Waals surface area contributed by atoms with Crippen LogP contribution in [0.15, 0.2) is 41.8 Å². The normalized spacial score (nSPS) is 16.9. The zero-order valence-corrected chi connectivity index (χ0v) is 16.5. The maximum Gasteiger partial charge on any atom is 0.270 e. The number of carbonyl (C=O) groups excluding carboxylic acids is 1. The first-order valence-corrected chi connectivity index (χ1v) is 10.3. The molecule has 4 heterocycles. The molecule has 1 amide bonds. The van der Waals surface area contributed by atoms with Crippen molar-refractivity contribution in [1.82, 2.24) is 30.1 Å². The van der Waals surface area contributed by atoms with Gasteiger partial charge in [0.25, 0.3) is 5.91 Å². The lowest BCUT2D eigenvalue weighted by Crippen LogP contribution is -2.38. The number of hydrogen-bond acceptors (Lipinski definition) is 5. The number of fused-ring (bicyclic) bond motifs is 1. The Bertz CT molecular complexity index is 1130. The lowest BCUT2D eigenvalue weighted by atomic mass is 10.2. The number of likely N-dealkylation sites (tertiary alicyclic amines) is 1. The van der Waals surface area contributed by atoms with Crippen molar-refractivity contribution in [1.29, 1.82) is 0 Å². The zero-order valence-electron chi connectivity index (χ0n) is 14.9. The Morgan fingerprint density at radius 1 is 1.32 bits per heavy atom. The number of hydrogen-bond donors (Lipinski definition) is 1. The van der Waals surface area contributed by atoms with Crippen LogP contribution in [0, 0.1) is 0 Å². The van der Waals surface area contributed by atoms with Gasteiger partial charge >= 0.3 is 0 Å². The molecule has 1 N–H and O–H groups in total. The Balaban J connectivity index is 1.35. The van der Waals surface area contributed by atoms with Crippen LogP contribution in [0.2, 0.25) is 5.02 Å². The fourth-order valence-corrected chi connectivity index (χ4v) is 4.50. The van der Waals surface area contributed by atoms with E-state index in [1.807, 2.05) is 46.7 Å². The van der Waals surface area contributed by atoms with Gasteiger partial charge in [0.2, 0.25) is 5.82 Å². The van der Waals surface area contributed by atoms with Gasteiger partial charge in [-0.1, -0.05) is 23.7 Å². The first-order valence-electron chi connectivity index (χ1n) is 9.08. The van der Waals surface area contributed by atoms with E-state index in [1.54, 1.807) is 16.1 Å². The minimum Gasteiger partial charge on any atom is -0.350 e. The Labute approximate surface area is 169 Å². The fraction of sp³-hybridized carbons (Fsp3) is 0.263. The highest BCUT2D eigenvalue weighted by Crippen LogP contribution is 2.25. The molecule has 1 aliphatic heterocycles. The van der Waals surface area contributed by atoms with Gasteiger partial charge < -0.3 is 9.88 Å². The number of H-pyrrole nitrogens is 1. The molecule has 0 radical (unpaired) electrons. The Morgan fingerprint density at radius 2 is 2.25 bits per heavy atom. The predicted octanol–water partition coefficient (Wildman–Crippen LogP) is 3.84. The van der Waals surface area contributed by atoms with E-state index in [2.05, 4.69) is 20.4 Å². The molecule has 1 fully saturated rings. The third-order valence-corrected chi connectivity index (χ3v) is 6.12. The maximum atomic E-state index is 13.1. The van der Waals surface area contributed by atoms with Gasteiger partial charge in [-0.05, 0) is 47.7 Å². The average Bonchev–Trinajstić information content (AvgIpc) is 3.47. The van der Waals surface area contributed by atoms with Crippen molar-refractivity contribution in [2.45, 2.75) is 25.4 Å². The quantitative estimate of drug-likeness (QED) is 0.552. The summed E-state index contributed by atoms with van der Waals surface area (Å²) in [5, 5.41) is 16.4. The summed E-state index contributed by atoms with van der Waals surface area (Å²) in [5.74, 6) is 0.617. The SMILES string of the molecule is O=C(c1cc2ccc(Cl)cc2[nH]1)N1CCCC1Cn1nnc(-c2cccs2)n1. The van der Waals surface area contributed by atoms with E-state index in [0.717, 1.165) is 35.2 Å². The predicted molar refractivity (Wildman–Crippen MR) is 108 cm³/mol. The lowest BCUT2D eigenvalue weighted by Gasteiger charge is -2.23. The summed E-state index contributed by atoms with van der Waals surface area (Å²) >= 11 is 7.63. The maximum absolute atomic E-state index is 13.1. The molecule has 28 heavy (non-hydrogen) atoms. The highest BCUT2D eigenvalue weighted by Gasteiger charge is 2.31. The average molecular weight is 413 g/mol. The molecule has 1 aromatic carbocycles. The number of thiophene rings is 1. The largest absolute Gasteiger partial charge is 0.350 e. The molecule has 142 valence electrons. The van der Waals surface area contributed by atoms with Crippen LogP contribution in [0.3, 0.4) is 0 Å². The zero-order chi connectivity index (χ0) is 19.1. The summed E-state index contributed by atoms with van der Waals surface area (Å²) in [4.78, 5) is 20.8. The molecule has 1 saturated heterocycles. The number of rotatable bonds is 4. The van der Waals surface area contributed by atoms with Crippen LogP contribution in [-0.2, 0) is 6.54 Å². The molecule has 0 saturated carbocycles.